The molecule has 3 rings (SSSR count). The van der Waals surface area contributed by atoms with Gasteiger partial charge in [0.2, 0.25) is 5.91 Å². The molecule has 0 saturated heterocycles. The van der Waals surface area contributed by atoms with Crippen molar-refractivity contribution >= 4 is 5.91 Å². The van der Waals surface area contributed by atoms with Crippen molar-refractivity contribution in [2.24, 2.45) is 5.73 Å². The summed E-state index contributed by atoms with van der Waals surface area (Å²) in [5, 5.41) is 4.41. The smallest absolute Gasteiger partial charge is 0.248 e. The Hall–Kier alpha value is -3.15. The molecule has 0 spiro atoms. The fourth-order valence-corrected chi connectivity index (χ4v) is 2.75. The first-order chi connectivity index (χ1) is 12.3. The van der Waals surface area contributed by atoms with Crippen molar-refractivity contribution in [1.29, 1.82) is 0 Å². The molecular formula is C20H22N4O2. The van der Waals surface area contributed by atoms with Gasteiger partial charge >= 0.3 is 0 Å². The molecule has 1 amide bonds. The van der Waals surface area contributed by atoms with E-state index in [1.807, 2.05) is 35.0 Å². The summed E-state index contributed by atoms with van der Waals surface area (Å²) in [6.45, 7) is 6.18. The van der Waals surface area contributed by atoms with Crippen molar-refractivity contribution in [3.05, 3.63) is 54.2 Å². The Morgan fingerprint density at radius 2 is 1.73 bits per heavy atom. The Bertz CT molecular complexity index is 937. The number of amides is 1. The van der Waals surface area contributed by atoms with E-state index in [4.69, 9.17) is 15.5 Å². The number of nitrogens with zero attached hydrogens (tertiary/aromatic N) is 3. The molecule has 6 heteroatoms. The van der Waals surface area contributed by atoms with Crippen LogP contribution in [0.1, 0.15) is 31.1 Å². The zero-order valence-corrected chi connectivity index (χ0v) is 15.4. The SMILES string of the molecule is COc1ccc(-c2cc(C(N)=O)cc(-c3ccnn3C(C)(C)C)n2)cc1. The summed E-state index contributed by atoms with van der Waals surface area (Å²) in [7, 11) is 1.62. The number of rotatable bonds is 4. The van der Waals surface area contributed by atoms with E-state index in [0.29, 0.717) is 17.0 Å². The van der Waals surface area contributed by atoms with Crippen LogP contribution in [0.3, 0.4) is 0 Å². The summed E-state index contributed by atoms with van der Waals surface area (Å²) in [6, 6.07) is 12.8. The second kappa shape index (κ2) is 6.63. The molecule has 0 unspecified atom stereocenters. The maximum atomic E-state index is 11.8. The Morgan fingerprint density at radius 3 is 2.31 bits per heavy atom. The number of ether oxygens (including phenoxy) is 1. The fourth-order valence-electron chi connectivity index (χ4n) is 2.75. The molecule has 26 heavy (non-hydrogen) atoms. The number of benzene rings is 1. The summed E-state index contributed by atoms with van der Waals surface area (Å²) >= 11 is 0. The first-order valence-electron chi connectivity index (χ1n) is 8.31. The maximum Gasteiger partial charge on any atom is 0.248 e. The van der Waals surface area contributed by atoms with Crippen LogP contribution in [0.2, 0.25) is 0 Å². The van der Waals surface area contributed by atoms with Crippen LogP contribution in [0.5, 0.6) is 5.75 Å². The minimum absolute atomic E-state index is 0.219. The average Bonchev–Trinajstić information content (AvgIpc) is 3.11. The lowest BCUT2D eigenvalue weighted by atomic mass is 10.1. The van der Waals surface area contributed by atoms with E-state index in [-0.39, 0.29) is 5.54 Å². The van der Waals surface area contributed by atoms with Crippen LogP contribution in [0.15, 0.2) is 48.7 Å². The second-order valence-corrected chi connectivity index (χ2v) is 7.02. The molecule has 0 aliphatic carbocycles. The molecule has 2 N–H and O–H groups in total. The third kappa shape index (κ3) is 3.44. The van der Waals surface area contributed by atoms with Crippen LogP contribution in [0.25, 0.3) is 22.6 Å². The number of methoxy groups -OCH3 is 1. The lowest BCUT2D eigenvalue weighted by molar-refractivity contribution is 0.1000. The highest BCUT2D eigenvalue weighted by Crippen LogP contribution is 2.28. The van der Waals surface area contributed by atoms with Crippen molar-refractivity contribution in [2.45, 2.75) is 26.3 Å². The van der Waals surface area contributed by atoms with E-state index < -0.39 is 5.91 Å². The van der Waals surface area contributed by atoms with E-state index >= 15 is 0 Å². The van der Waals surface area contributed by atoms with Gasteiger partial charge in [-0.1, -0.05) is 0 Å². The molecule has 3 aromatic rings. The van der Waals surface area contributed by atoms with Crippen LogP contribution < -0.4 is 10.5 Å². The third-order valence-electron chi connectivity index (χ3n) is 4.04. The highest BCUT2D eigenvalue weighted by atomic mass is 16.5. The van der Waals surface area contributed by atoms with Crippen LogP contribution in [-0.2, 0) is 5.54 Å². The minimum atomic E-state index is -0.495. The molecule has 6 nitrogen and oxygen atoms in total. The molecule has 0 fully saturated rings. The van der Waals surface area contributed by atoms with Gasteiger partial charge < -0.3 is 10.5 Å². The van der Waals surface area contributed by atoms with Gasteiger partial charge in [-0.3, -0.25) is 9.48 Å². The highest BCUT2D eigenvalue weighted by molar-refractivity contribution is 5.95. The average molecular weight is 350 g/mol. The van der Waals surface area contributed by atoms with E-state index in [9.17, 15) is 4.79 Å². The number of carbonyl (C=O) groups is 1. The zero-order chi connectivity index (χ0) is 18.9. The lowest BCUT2D eigenvalue weighted by Gasteiger charge is -2.22. The van der Waals surface area contributed by atoms with E-state index in [1.165, 1.54) is 0 Å². The van der Waals surface area contributed by atoms with Crippen LogP contribution in [0, 0.1) is 0 Å². The van der Waals surface area contributed by atoms with E-state index in [2.05, 4.69) is 25.9 Å². The Kier molecular flexibility index (Phi) is 4.50. The normalized spacial score (nSPS) is 11.4. The van der Waals surface area contributed by atoms with Crippen LogP contribution in [0.4, 0.5) is 0 Å². The van der Waals surface area contributed by atoms with Gasteiger partial charge in [0, 0.05) is 17.3 Å². The molecule has 2 heterocycles. The summed E-state index contributed by atoms with van der Waals surface area (Å²) in [4.78, 5) is 16.6. The van der Waals surface area contributed by atoms with Gasteiger partial charge in [-0.25, -0.2) is 4.98 Å². The van der Waals surface area contributed by atoms with Gasteiger partial charge in [0.05, 0.1) is 29.7 Å². The monoisotopic (exact) mass is 350 g/mol. The summed E-state index contributed by atoms with van der Waals surface area (Å²) in [5.74, 6) is 0.260. The van der Waals surface area contributed by atoms with Gasteiger partial charge in [0.15, 0.2) is 0 Å². The fraction of sp³-hybridized carbons (Fsp3) is 0.250. The first kappa shape index (κ1) is 17.7. The van der Waals surface area contributed by atoms with E-state index in [1.54, 1.807) is 25.4 Å². The maximum absolute atomic E-state index is 11.8. The highest BCUT2D eigenvalue weighted by Gasteiger charge is 2.20. The number of aromatic nitrogens is 3. The van der Waals surface area contributed by atoms with Gasteiger partial charge in [-0.05, 0) is 63.2 Å². The quantitative estimate of drug-likeness (QED) is 0.781. The number of pyridine rings is 1. The summed E-state index contributed by atoms with van der Waals surface area (Å²) in [6.07, 6.45) is 1.73. The zero-order valence-electron chi connectivity index (χ0n) is 15.4. The number of primary amides is 1. The second-order valence-electron chi connectivity index (χ2n) is 7.02. The molecule has 1 aromatic carbocycles. The summed E-state index contributed by atoms with van der Waals surface area (Å²) in [5.41, 5.74) is 8.75. The van der Waals surface area contributed by atoms with Crippen molar-refractivity contribution in [2.75, 3.05) is 7.11 Å². The predicted octanol–water partition coefficient (Wildman–Crippen LogP) is 3.47. The van der Waals surface area contributed by atoms with Crippen molar-refractivity contribution in [1.82, 2.24) is 14.8 Å². The largest absolute Gasteiger partial charge is 0.497 e. The van der Waals surface area contributed by atoms with E-state index in [0.717, 1.165) is 17.0 Å². The van der Waals surface area contributed by atoms with Crippen molar-refractivity contribution < 1.29 is 9.53 Å². The minimum Gasteiger partial charge on any atom is -0.497 e. The Morgan fingerprint density at radius 1 is 1.08 bits per heavy atom. The van der Waals surface area contributed by atoms with Gasteiger partial charge in [0.25, 0.3) is 0 Å². The third-order valence-corrected chi connectivity index (χ3v) is 4.04. The predicted molar refractivity (Wildman–Crippen MR) is 101 cm³/mol. The molecule has 2 aromatic heterocycles. The van der Waals surface area contributed by atoms with Gasteiger partial charge in [0.1, 0.15) is 5.75 Å². The Labute approximate surface area is 152 Å². The molecular weight excluding hydrogens is 328 g/mol. The van der Waals surface area contributed by atoms with Crippen LogP contribution in [-0.4, -0.2) is 27.8 Å². The molecule has 0 bridgehead atoms. The molecule has 0 atom stereocenters. The number of hydrogen-bond donors (Lipinski definition) is 1. The Balaban J connectivity index is 2.16. The molecule has 0 aliphatic rings. The topological polar surface area (TPSA) is 83.0 Å². The van der Waals surface area contributed by atoms with Crippen molar-refractivity contribution in [3.63, 3.8) is 0 Å². The number of hydrogen-bond acceptors (Lipinski definition) is 4. The van der Waals surface area contributed by atoms with Gasteiger partial charge in [-0.15, -0.1) is 0 Å². The number of carbonyl (C=O) groups excluding carboxylic acids is 1. The molecule has 0 saturated carbocycles. The first-order valence-corrected chi connectivity index (χ1v) is 8.31. The molecule has 0 aliphatic heterocycles. The van der Waals surface area contributed by atoms with Gasteiger partial charge in [-0.2, -0.15) is 5.10 Å². The lowest BCUT2D eigenvalue weighted by Crippen LogP contribution is -2.24. The van der Waals surface area contributed by atoms with Crippen molar-refractivity contribution in [3.8, 4) is 28.4 Å². The number of nitrogens with two attached hydrogens (primary N) is 1. The standard InChI is InChI=1S/C20H22N4O2/c1-20(2,3)24-18(9-10-22-24)17-12-14(19(21)25)11-16(23-17)13-5-7-15(26-4)8-6-13/h5-12H,1-4H3,(H2,21,25). The molecule has 0 radical (unpaired) electrons. The summed E-state index contributed by atoms with van der Waals surface area (Å²) < 4.78 is 7.08. The molecule has 134 valence electrons. The van der Waals surface area contributed by atoms with Crippen LogP contribution >= 0.6 is 0 Å².